The highest BCUT2D eigenvalue weighted by molar-refractivity contribution is 9.09. The standard InChI is InChI=1S/C17H33BrO4/c1-3-13-21-17(22-14-4-2)11-15-20-16(19)10-8-6-5-7-9-12-18/h17H,3-15H2,1-2H3. The van der Waals surface area contributed by atoms with Gasteiger partial charge in [-0.2, -0.15) is 0 Å². The molecule has 0 amide bonds. The number of carbonyl (C=O) groups excluding carboxylic acids is 1. The molecule has 0 aromatic rings. The number of ether oxygens (including phenoxy) is 3. The molecule has 0 saturated heterocycles. The van der Waals surface area contributed by atoms with Gasteiger partial charge in [-0.3, -0.25) is 4.79 Å². The summed E-state index contributed by atoms with van der Waals surface area (Å²) in [5.74, 6) is -0.106. The molecule has 0 aliphatic heterocycles. The number of carbonyl (C=O) groups is 1. The van der Waals surface area contributed by atoms with E-state index in [4.69, 9.17) is 14.2 Å². The maximum Gasteiger partial charge on any atom is 0.305 e. The molecule has 0 aliphatic rings. The first-order chi connectivity index (χ1) is 10.7. The first-order valence-corrected chi connectivity index (χ1v) is 9.81. The third kappa shape index (κ3) is 14.8. The highest BCUT2D eigenvalue weighted by atomic mass is 79.9. The van der Waals surface area contributed by atoms with Crippen LogP contribution in [0.4, 0.5) is 0 Å². The van der Waals surface area contributed by atoms with Crippen molar-refractivity contribution in [1.82, 2.24) is 0 Å². The topological polar surface area (TPSA) is 44.8 Å². The van der Waals surface area contributed by atoms with Crippen LogP contribution in [-0.2, 0) is 19.0 Å². The van der Waals surface area contributed by atoms with E-state index in [-0.39, 0.29) is 12.3 Å². The van der Waals surface area contributed by atoms with E-state index >= 15 is 0 Å². The number of hydrogen-bond acceptors (Lipinski definition) is 4. The second-order valence-corrected chi connectivity index (χ2v) is 6.18. The van der Waals surface area contributed by atoms with E-state index in [9.17, 15) is 4.79 Å². The molecule has 4 nitrogen and oxygen atoms in total. The Balaban J connectivity index is 3.60. The van der Waals surface area contributed by atoms with Gasteiger partial charge in [0.05, 0.1) is 6.61 Å². The molecule has 0 aromatic heterocycles. The van der Waals surface area contributed by atoms with E-state index in [0.29, 0.717) is 32.7 Å². The molecule has 0 atom stereocenters. The number of unbranched alkanes of at least 4 members (excludes halogenated alkanes) is 4. The van der Waals surface area contributed by atoms with Gasteiger partial charge < -0.3 is 14.2 Å². The molecular weight excluding hydrogens is 348 g/mol. The van der Waals surface area contributed by atoms with E-state index in [1.54, 1.807) is 0 Å². The number of rotatable bonds is 16. The van der Waals surface area contributed by atoms with E-state index in [1.807, 2.05) is 0 Å². The summed E-state index contributed by atoms with van der Waals surface area (Å²) in [5, 5.41) is 1.07. The lowest BCUT2D eigenvalue weighted by Gasteiger charge is -2.18. The number of alkyl halides is 1. The van der Waals surface area contributed by atoms with E-state index in [0.717, 1.165) is 31.0 Å². The summed E-state index contributed by atoms with van der Waals surface area (Å²) in [6.07, 6.45) is 8.44. The summed E-state index contributed by atoms with van der Waals surface area (Å²) in [6, 6.07) is 0. The normalized spacial score (nSPS) is 11.1. The van der Waals surface area contributed by atoms with Crippen LogP contribution in [-0.4, -0.2) is 37.4 Å². The van der Waals surface area contributed by atoms with Gasteiger partial charge >= 0.3 is 5.97 Å². The lowest BCUT2D eigenvalue weighted by Crippen LogP contribution is -2.21. The molecule has 0 saturated carbocycles. The van der Waals surface area contributed by atoms with Gasteiger partial charge in [-0.25, -0.2) is 0 Å². The summed E-state index contributed by atoms with van der Waals surface area (Å²) in [6.45, 7) is 5.86. The molecule has 0 rings (SSSR count). The summed E-state index contributed by atoms with van der Waals surface area (Å²) < 4.78 is 16.4. The Morgan fingerprint density at radius 2 is 1.50 bits per heavy atom. The Morgan fingerprint density at radius 3 is 2.09 bits per heavy atom. The van der Waals surface area contributed by atoms with E-state index in [1.165, 1.54) is 19.3 Å². The van der Waals surface area contributed by atoms with Crippen LogP contribution >= 0.6 is 15.9 Å². The monoisotopic (exact) mass is 380 g/mol. The van der Waals surface area contributed by atoms with Crippen molar-refractivity contribution >= 4 is 21.9 Å². The first-order valence-electron chi connectivity index (χ1n) is 8.69. The predicted molar refractivity (Wildman–Crippen MR) is 93.3 cm³/mol. The Morgan fingerprint density at radius 1 is 0.909 bits per heavy atom. The molecule has 0 radical (unpaired) electrons. The van der Waals surface area contributed by atoms with Crippen LogP contribution in [0.5, 0.6) is 0 Å². The molecule has 0 aromatic carbocycles. The van der Waals surface area contributed by atoms with Crippen LogP contribution in [0.3, 0.4) is 0 Å². The van der Waals surface area contributed by atoms with Crippen LogP contribution in [0, 0.1) is 0 Å². The van der Waals surface area contributed by atoms with Gasteiger partial charge in [0.1, 0.15) is 0 Å². The van der Waals surface area contributed by atoms with Gasteiger partial charge in [-0.1, -0.05) is 49.0 Å². The quantitative estimate of drug-likeness (QED) is 0.166. The van der Waals surface area contributed by atoms with Crippen molar-refractivity contribution in [2.75, 3.05) is 25.2 Å². The van der Waals surface area contributed by atoms with Gasteiger partial charge in [-0.15, -0.1) is 0 Å². The fourth-order valence-electron chi connectivity index (χ4n) is 1.95. The van der Waals surface area contributed by atoms with Crippen molar-refractivity contribution in [2.45, 2.75) is 77.9 Å². The van der Waals surface area contributed by atoms with Crippen molar-refractivity contribution in [3.63, 3.8) is 0 Å². The second kappa shape index (κ2) is 17.2. The minimum absolute atomic E-state index is 0.106. The maximum absolute atomic E-state index is 11.6. The van der Waals surface area contributed by atoms with Gasteiger partial charge in [-0.05, 0) is 25.7 Å². The largest absolute Gasteiger partial charge is 0.465 e. The van der Waals surface area contributed by atoms with Crippen LogP contribution < -0.4 is 0 Å². The highest BCUT2D eigenvalue weighted by Gasteiger charge is 2.10. The molecule has 0 heterocycles. The fraction of sp³-hybridized carbons (Fsp3) is 0.941. The third-order valence-electron chi connectivity index (χ3n) is 3.15. The zero-order chi connectivity index (χ0) is 16.5. The lowest BCUT2D eigenvalue weighted by atomic mass is 10.1. The highest BCUT2D eigenvalue weighted by Crippen LogP contribution is 2.08. The van der Waals surface area contributed by atoms with E-state index in [2.05, 4.69) is 29.8 Å². The summed E-state index contributed by atoms with van der Waals surface area (Å²) in [7, 11) is 0. The Bertz CT molecular complexity index is 241. The molecule has 0 spiro atoms. The molecule has 0 N–H and O–H groups in total. The molecule has 0 fully saturated rings. The van der Waals surface area contributed by atoms with Crippen molar-refractivity contribution in [3.05, 3.63) is 0 Å². The lowest BCUT2D eigenvalue weighted by molar-refractivity contribution is -0.161. The average Bonchev–Trinajstić information content (AvgIpc) is 2.52. The molecule has 5 heteroatoms. The Kier molecular flexibility index (Phi) is 17.1. The van der Waals surface area contributed by atoms with Crippen LogP contribution in [0.1, 0.15) is 71.6 Å². The minimum Gasteiger partial charge on any atom is -0.465 e. The van der Waals surface area contributed by atoms with Crippen molar-refractivity contribution in [2.24, 2.45) is 0 Å². The Hall–Kier alpha value is -0.130. The fourth-order valence-corrected chi connectivity index (χ4v) is 2.35. The summed E-state index contributed by atoms with van der Waals surface area (Å²) >= 11 is 3.42. The Labute approximate surface area is 144 Å². The van der Waals surface area contributed by atoms with Crippen LogP contribution in [0.15, 0.2) is 0 Å². The number of esters is 1. The van der Waals surface area contributed by atoms with Gasteiger partial charge in [0.25, 0.3) is 0 Å². The second-order valence-electron chi connectivity index (χ2n) is 5.39. The zero-order valence-electron chi connectivity index (χ0n) is 14.3. The molecule has 22 heavy (non-hydrogen) atoms. The molecule has 0 bridgehead atoms. The van der Waals surface area contributed by atoms with E-state index < -0.39 is 0 Å². The zero-order valence-corrected chi connectivity index (χ0v) is 15.9. The number of hydrogen-bond donors (Lipinski definition) is 0. The third-order valence-corrected chi connectivity index (χ3v) is 3.71. The maximum atomic E-state index is 11.6. The minimum atomic E-state index is -0.253. The molecule has 132 valence electrons. The SMILES string of the molecule is CCCOC(CCOC(=O)CCCCCCCBr)OCCC. The molecule has 0 unspecified atom stereocenters. The molecule has 0 aliphatic carbocycles. The van der Waals surface area contributed by atoms with Crippen LogP contribution in [0.25, 0.3) is 0 Å². The molecular formula is C17H33BrO4. The van der Waals surface area contributed by atoms with Crippen molar-refractivity contribution in [3.8, 4) is 0 Å². The smallest absolute Gasteiger partial charge is 0.305 e. The average molecular weight is 381 g/mol. The predicted octanol–water partition coefficient (Wildman–Crippen LogP) is 4.83. The van der Waals surface area contributed by atoms with Crippen LogP contribution in [0.2, 0.25) is 0 Å². The summed E-state index contributed by atoms with van der Waals surface area (Å²) in [5.41, 5.74) is 0. The first kappa shape index (κ1) is 21.9. The van der Waals surface area contributed by atoms with Crippen molar-refractivity contribution in [1.29, 1.82) is 0 Å². The number of halogens is 1. The summed E-state index contributed by atoms with van der Waals surface area (Å²) in [4.78, 5) is 11.6. The van der Waals surface area contributed by atoms with Gasteiger partial charge in [0.15, 0.2) is 6.29 Å². The van der Waals surface area contributed by atoms with Gasteiger partial charge in [0, 0.05) is 31.4 Å². The van der Waals surface area contributed by atoms with Gasteiger partial charge in [0.2, 0.25) is 0 Å². The van der Waals surface area contributed by atoms with Crippen molar-refractivity contribution < 1.29 is 19.0 Å².